The van der Waals surface area contributed by atoms with Gasteiger partial charge < -0.3 is 9.47 Å². The summed E-state index contributed by atoms with van der Waals surface area (Å²) in [7, 11) is -1.82. The molecule has 55 heavy (non-hydrogen) atoms. The van der Waals surface area contributed by atoms with Crippen LogP contribution in [0.4, 0.5) is 0 Å². The molecule has 0 N–H and O–H groups in total. The van der Waals surface area contributed by atoms with Crippen LogP contribution in [0.2, 0.25) is 19.6 Å². The van der Waals surface area contributed by atoms with E-state index in [4.69, 9.17) is 9.47 Å². The topological polar surface area (TPSA) is 18.5 Å². The molecule has 0 radical (unpaired) electrons. The van der Waals surface area contributed by atoms with Gasteiger partial charge in [0.25, 0.3) is 0 Å². The van der Waals surface area contributed by atoms with Gasteiger partial charge in [-0.15, -0.1) is 0 Å². The number of benzene rings is 10. The van der Waals surface area contributed by atoms with E-state index in [1.807, 2.05) is 6.07 Å². The van der Waals surface area contributed by atoms with Gasteiger partial charge in [0.1, 0.15) is 23.0 Å². The molecule has 0 amide bonds. The third-order valence-electron chi connectivity index (χ3n) is 12.3. The van der Waals surface area contributed by atoms with Gasteiger partial charge in [-0.3, -0.25) is 0 Å². The fourth-order valence-electron chi connectivity index (χ4n) is 9.80. The Bertz CT molecular complexity index is 3310. The van der Waals surface area contributed by atoms with Crippen molar-refractivity contribution in [1.82, 2.24) is 0 Å². The molecular formula is C52H36O2Si. The molecule has 0 spiro atoms. The molecule has 2 nitrogen and oxygen atoms in total. The average Bonchev–Trinajstić information content (AvgIpc) is 3.20. The van der Waals surface area contributed by atoms with Crippen molar-refractivity contribution in [2.75, 3.05) is 0 Å². The Labute approximate surface area is 320 Å². The van der Waals surface area contributed by atoms with Crippen LogP contribution < -0.4 is 14.7 Å². The zero-order valence-electron chi connectivity index (χ0n) is 31.2. The van der Waals surface area contributed by atoms with E-state index in [1.54, 1.807) is 0 Å². The summed E-state index contributed by atoms with van der Waals surface area (Å²) in [5.74, 6) is 3.67. The van der Waals surface area contributed by atoms with Gasteiger partial charge in [0.2, 0.25) is 0 Å². The van der Waals surface area contributed by atoms with Crippen LogP contribution in [0.1, 0.15) is 5.56 Å². The van der Waals surface area contributed by atoms with Gasteiger partial charge >= 0.3 is 0 Å². The van der Waals surface area contributed by atoms with Crippen molar-refractivity contribution < 1.29 is 9.47 Å². The summed E-state index contributed by atoms with van der Waals surface area (Å²) in [4.78, 5) is 0. The molecule has 3 heteroatoms. The molecular weight excluding hydrogens is 685 g/mol. The first-order chi connectivity index (χ1) is 26.8. The lowest BCUT2D eigenvalue weighted by molar-refractivity contribution is 0.487. The highest BCUT2D eigenvalue weighted by Crippen LogP contribution is 2.52. The number of rotatable bonds is 3. The molecule has 0 bridgehead atoms. The second kappa shape index (κ2) is 10.8. The number of hydrogen-bond donors (Lipinski definition) is 0. The maximum absolute atomic E-state index is 6.66. The van der Waals surface area contributed by atoms with E-state index in [9.17, 15) is 0 Å². The van der Waals surface area contributed by atoms with Crippen molar-refractivity contribution in [2.45, 2.75) is 26.6 Å². The van der Waals surface area contributed by atoms with Crippen LogP contribution in [0, 0.1) is 6.92 Å². The van der Waals surface area contributed by atoms with Gasteiger partial charge in [-0.1, -0.05) is 140 Å². The van der Waals surface area contributed by atoms with Crippen molar-refractivity contribution in [3.8, 4) is 67.5 Å². The molecule has 260 valence electrons. The lowest BCUT2D eigenvalue weighted by Crippen LogP contribution is -2.38. The second-order valence-electron chi connectivity index (χ2n) is 16.4. The number of hydrogen-bond acceptors (Lipinski definition) is 2. The van der Waals surface area contributed by atoms with Crippen LogP contribution >= 0.6 is 0 Å². The summed E-state index contributed by atoms with van der Waals surface area (Å²) in [6.45, 7) is 9.71. The molecule has 0 aliphatic carbocycles. The Hall–Kier alpha value is -6.42. The summed E-state index contributed by atoms with van der Waals surface area (Å²) in [5.41, 5.74) is 11.0. The third-order valence-corrected chi connectivity index (χ3v) is 14.3. The van der Waals surface area contributed by atoms with E-state index in [0.29, 0.717) is 0 Å². The molecule has 0 unspecified atom stereocenters. The molecule has 10 aromatic carbocycles. The molecule has 2 aliphatic rings. The predicted octanol–water partition coefficient (Wildman–Crippen LogP) is 14.6. The smallest absolute Gasteiger partial charge is 0.135 e. The van der Waals surface area contributed by atoms with E-state index in [-0.39, 0.29) is 0 Å². The fraction of sp³-hybridized carbons (Fsp3) is 0.0769. The quantitative estimate of drug-likeness (QED) is 0.134. The van der Waals surface area contributed by atoms with E-state index in [1.165, 1.54) is 98.0 Å². The predicted molar refractivity (Wildman–Crippen MR) is 235 cm³/mol. The van der Waals surface area contributed by atoms with Crippen molar-refractivity contribution >= 4 is 67.1 Å². The minimum atomic E-state index is -1.82. The second-order valence-corrected chi connectivity index (χ2v) is 21.5. The molecule has 2 heterocycles. The average molecular weight is 721 g/mol. The van der Waals surface area contributed by atoms with Gasteiger partial charge in [-0.25, -0.2) is 0 Å². The molecule has 2 aliphatic heterocycles. The van der Waals surface area contributed by atoms with Gasteiger partial charge in [-0.2, -0.15) is 0 Å². The zero-order chi connectivity index (χ0) is 36.7. The highest BCUT2D eigenvalue weighted by molar-refractivity contribution is 6.90. The minimum Gasteiger partial charge on any atom is -0.456 e. The maximum Gasteiger partial charge on any atom is 0.135 e. The lowest BCUT2D eigenvalue weighted by Gasteiger charge is -2.26. The van der Waals surface area contributed by atoms with E-state index in [2.05, 4.69) is 166 Å². The monoisotopic (exact) mass is 720 g/mol. The van der Waals surface area contributed by atoms with Crippen LogP contribution in [0.25, 0.3) is 98.4 Å². The molecule has 0 saturated carbocycles. The van der Waals surface area contributed by atoms with Crippen LogP contribution in [0.3, 0.4) is 0 Å². The van der Waals surface area contributed by atoms with Gasteiger partial charge in [0.15, 0.2) is 0 Å². The van der Waals surface area contributed by atoms with E-state index >= 15 is 0 Å². The van der Waals surface area contributed by atoms with E-state index in [0.717, 1.165) is 34.1 Å². The minimum absolute atomic E-state index is 0.907. The third kappa shape index (κ3) is 4.25. The summed E-state index contributed by atoms with van der Waals surface area (Å²) in [6.07, 6.45) is 0. The Balaban J connectivity index is 1.13. The van der Waals surface area contributed by atoms with Gasteiger partial charge in [0, 0.05) is 21.9 Å². The molecule has 0 atom stereocenters. The highest BCUT2D eigenvalue weighted by Gasteiger charge is 2.28. The van der Waals surface area contributed by atoms with Crippen molar-refractivity contribution in [1.29, 1.82) is 0 Å². The van der Waals surface area contributed by atoms with Crippen molar-refractivity contribution in [3.05, 3.63) is 151 Å². The Morgan fingerprint density at radius 3 is 1.82 bits per heavy atom. The molecule has 12 rings (SSSR count). The van der Waals surface area contributed by atoms with Crippen LogP contribution in [-0.4, -0.2) is 8.07 Å². The van der Waals surface area contributed by atoms with Crippen molar-refractivity contribution in [3.63, 3.8) is 0 Å². The SMILES string of the molecule is Cc1cc(-c2ccc3c(c2)Oc2cccc4cccc-3c24)c2ccc3c([Si](C)(C)C)cc(-c4ccc5c6c(cccc46)-c4ccccc4O5)c4ccc1c2c43. The number of para-hydroxylation sites is 1. The number of ether oxygens (including phenoxy) is 2. The van der Waals surface area contributed by atoms with Gasteiger partial charge in [0.05, 0.1) is 8.07 Å². The first-order valence-electron chi connectivity index (χ1n) is 19.3. The number of fused-ring (bicyclic) bond motifs is 4. The lowest BCUT2D eigenvalue weighted by atomic mass is 9.84. The fourth-order valence-corrected chi connectivity index (χ4v) is 11.4. The molecule has 0 saturated heterocycles. The van der Waals surface area contributed by atoms with E-state index < -0.39 is 8.07 Å². The summed E-state index contributed by atoms with van der Waals surface area (Å²) >= 11 is 0. The maximum atomic E-state index is 6.66. The highest BCUT2D eigenvalue weighted by atomic mass is 28.3. The Kier molecular flexibility index (Phi) is 6.11. The van der Waals surface area contributed by atoms with Gasteiger partial charge in [-0.05, 0) is 119 Å². The summed E-state index contributed by atoms with van der Waals surface area (Å²) in [6, 6.07) is 53.7. The first kappa shape index (κ1) is 31.0. The first-order valence-corrected chi connectivity index (χ1v) is 22.8. The standard InChI is InChI=1S/C52H36O2Si/c1-29-26-42(31-18-19-35-37-13-7-10-30-11-8-17-45(49(30)37)54-47(35)27-31)39-22-23-41-48(55(2,3)4)28-43(40-21-20-32(29)51(39)52(40)41)33-24-25-46-50-36(33)14-9-15-38(50)34-12-5-6-16-44(34)53-46/h5-28H,1-4H3. The normalized spacial score (nSPS) is 13.0. The zero-order valence-corrected chi connectivity index (χ0v) is 32.2. The van der Waals surface area contributed by atoms with Crippen LogP contribution in [0.15, 0.2) is 146 Å². The molecule has 10 aromatic rings. The molecule has 0 fully saturated rings. The van der Waals surface area contributed by atoms with Crippen molar-refractivity contribution in [2.24, 2.45) is 0 Å². The Morgan fingerprint density at radius 2 is 0.964 bits per heavy atom. The van der Waals surface area contributed by atoms with Crippen LogP contribution in [-0.2, 0) is 0 Å². The summed E-state index contributed by atoms with van der Waals surface area (Å²) in [5, 5.41) is 14.3. The summed E-state index contributed by atoms with van der Waals surface area (Å²) < 4.78 is 13.2. The Morgan fingerprint density at radius 1 is 0.364 bits per heavy atom. The van der Waals surface area contributed by atoms with Crippen LogP contribution in [0.5, 0.6) is 23.0 Å². The number of aryl methyl sites for hydroxylation is 1. The molecule has 0 aromatic heterocycles. The largest absolute Gasteiger partial charge is 0.456 e.